The molecule has 0 spiro atoms. The summed E-state index contributed by atoms with van der Waals surface area (Å²) in [6.45, 7) is 1.11. The number of primary amides is 1. The third-order valence-corrected chi connectivity index (χ3v) is 4.26. The van der Waals surface area contributed by atoms with Crippen molar-refractivity contribution in [3.05, 3.63) is 53.1 Å². The van der Waals surface area contributed by atoms with Gasteiger partial charge in [-0.15, -0.1) is 0 Å². The first kappa shape index (κ1) is 20.2. The average molecular weight is 398 g/mol. The fourth-order valence-electron chi connectivity index (χ4n) is 2.85. The van der Waals surface area contributed by atoms with E-state index in [-0.39, 0.29) is 19.0 Å². The van der Waals surface area contributed by atoms with Crippen molar-refractivity contribution >= 4 is 23.5 Å². The van der Waals surface area contributed by atoms with Crippen LogP contribution < -0.4 is 16.4 Å². The van der Waals surface area contributed by atoms with Crippen molar-refractivity contribution in [2.24, 2.45) is 5.73 Å². The van der Waals surface area contributed by atoms with E-state index in [9.17, 15) is 14.4 Å². The minimum atomic E-state index is -0.605. The molecule has 1 aliphatic heterocycles. The molecule has 4 amide bonds. The van der Waals surface area contributed by atoms with Gasteiger partial charge in [-0.05, 0) is 18.2 Å². The Morgan fingerprint density at radius 2 is 2.14 bits per heavy atom. The molecule has 0 saturated heterocycles. The van der Waals surface area contributed by atoms with Crippen LogP contribution in [0.25, 0.3) is 0 Å². The molecular formula is C19H22N6O4. The Kier molecular flexibility index (Phi) is 6.35. The van der Waals surface area contributed by atoms with Gasteiger partial charge in [0.1, 0.15) is 5.82 Å². The van der Waals surface area contributed by atoms with E-state index >= 15 is 0 Å². The number of nitrogens with two attached hydrogens (primary N) is 1. The van der Waals surface area contributed by atoms with Crippen LogP contribution in [-0.2, 0) is 29.1 Å². The monoisotopic (exact) mass is 398 g/mol. The van der Waals surface area contributed by atoms with Crippen LogP contribution in [0.2, 0.25) is 0 Å². The van der Waals surface area contributed by atoms with Crippen molar-refractivity contribution in [2.45, 2.75) is 19.6 Å². The molecule has 0 saturated carbocycles. The molecule has 2 aromatic rings. The maximum Gasteiger partial charge on any atom is 0.319 e. The van der Waals surface area contributed by atoms with Gasteiger partial charge in [0, 0.05) is 36.5 Å². The lowest BCUT2D eigenvalue weighted by molar-refractivity contribution is -0.118. The number of benzene rings is 1. The smallest absolute Gasteiger partial charge is 0.319 e. The standard InChI is InChI=1S/C19H22N6O4/c1-25(10-16(20)26)18(27)12-3-2-4-14(7-12)23-19(28)22-9-17-21-8-13-11-29-6-5-15(13)24-17/h2-4,7-8H,5-6,9-11H2,1H3,(H2,20,26)(H2,22,23,28). The third kappa shape index (κ3) is 5.48. The van der Waals surface area contributed by atoms with Crippen molar-refractivity contribution in [3.63, 3.8) is 0 Å². The van der Waals surface area contributed by atoms with Crippen LogP contribution in [0, 0.1) is 0 Å². The molecule has 29 heavy (non-hydrogen) atoms. The lowest BCUT2D eigenvalue weighted by Gasteiger charge is -2.16. The Balaban J connectivity index is 1.57. The van der Waals surface area contributed by atoms with Gasteiger partial charge in [0.05, 0.1) is 32.0 Å². The van der Waals surface area contributed by atoms with Gasteiger partial charge < -0.3 is 26.0 Å². The zero-order chi connectivity index (χ0) is 20.8. The van der Waals surface area contributed by atoms with Gasteiger partial charge in [-0.1, -0.05) is 6.07 Å². The number of aromatic nitrogens is 2. The minimum Gasteiger partial charge on any atom is -0.376 e. The first-order valence-corrected chi connectivity index (χ1v) is 9.02. The van der Waals surface area contributed by atoms with Crippen LogP contribution in [0.1, 0.15) is 27.4 Å². The van der Waals surface area contributed by atoms with Crippen LogP contribution in [0.15, 0.2) is 30.5 Å². The summed E-state index contributed by atoms with van der Waals surface area (Å²) in [5, 5.41) is 5.35. The van der Waals surface area contributed by atoms with Crippen molar-refractivity contribution < 1.29 is 19.1 Å². The van der Waals surface area contributed by atoms with Crippen molar-refractivity contribution in [1.29, 1.82) is 0 Å². The van der Waals surface area contributed by atoms with Gasteiger partial charge in [0.25, 0.3) is 5.91 Å². The number of hydrogen-bond acceptors (Lipinski definition) is 6. The molecule has 0 unspecified atom stereocenters. The predicted molar refractivity (Wildman–Crippen MR) is 104 cm³/mol. The summed E-state index contributed by atoms with van der Waals surface area (Å²) in [5.41, 5.74) is 7.77. The highest BCUT2D eigenvalue weighted by Gasteiger charge is 2.15. The number of carbonyl (C=O) groups excluding carboxylic acids is 3. The molecule has 1 aliphatic rings. The highest BCUT2D eigenvalue weighted by Crippen LogP contribution is 2.14. The van der Waals surface area contributed by atoms with E-state index < -0.39 is 11.9 Å². The normalized spacial score (nSPS) is 12.6. The summed E-state index contributed by atoms with van der Waals surface area (Å²) >= 11 is 0. The van der Waals surface area contributed by atoms with Gasteiger partial charge in [-0.25, -0.2) is 14.8 Å². The summed E-state index contributed by atoms with van der Waals surface area (Å²) in [4.78, 5) is 45.4. The molecular weight excluding hydrogens is 376 g/mol. The predicted octanol–water partition coefficient (Wildman–Crippen LogP) is 0.428. The number of nitrogens with zero attached hydrogens (tertiary/aromatic N) is 3. The van der Waals surface area contributed by atoms with E-state index in [1.54, 1.807) is 24.4 Å². The second-order valence-corrected chi connectivity index (χ2v) is 6.58. The SMILES string of the molecule is CN(CC(N)=O)C(=O)c1cccc(NC(=O)NCc2ncc3c(n2)CCOC3)c1. The molecule has 1 aromatic heterocycles. The number of nitrogens with one attached hydrogen (secondary N) is 2. The number of carbonyl (C=O) groups is 3. The van der Waals surface area contributed by atoms with Gasteiger partial charge >= 0.3 is 6.03 Å². The van der Waals surface area contributed by atoms with Gasteiger partial charge in [-0.3, -0.25) is 9.59 Å². The number of fused-ring (bicyclic) bond motifs is 1. The van der Waals surface area contributed by atoms with Crippen LogP contribution in [0.3, 0.4) is 0 Å². The van der Waals surface area contributed by atoms with E-state index in [0.29, 0.717) is 30.3 Å². The average Bonchev–Trinajstić information content (AvgIpc) is 2.71. The van der Waals surface area contributed by atoms with Crippen LogP contribution in [0.4, 0.5) is 10.5 Å². The summed E-state index contributed by atoms with van der Waals surface area (Å²) in [5.74, 6) is -0.469. The lowest BCUT2D eigenvalue weighted by atomic mass is 10.1. The van der Waals surface area contributed by atoms with E-state index in [1.165, 1.54) is 18.0 Å². The Morgan fingerprint density at radius 3 is 2.93 bits per heavy atom. The summed E-state index contributed by atoms with van der Waals surface area (Å²) in [6, 6.07) is 5.95. The zero-order valence-corrected chi connectivity index (χ0v) is 16.0. The fraction of sp³-hybridized carbons (Fsp3) is 0.316. The Bertz CT molecular complexity index is 933. The number of rotatable bonds is 6. The Hall–Kier alpha value is -3.53. The summed E-state index contributed by atoms with van der Waals surface area (Å²) in [7, 11) is 1.48. The Labute approximate surface area is 167 Å². The molecule has 1 aromatic carbocycles. The molecule has 10 nitrogen and oxygen atoms in total. The maximum absolute atomic E-state index is 12.3. The zero-order valence-electron chi connectivity index (χ0n) is 16.0. The summed E-state index contributed by atoms with van der Waals surface area (Å²) < 4.78 is 5.35. The van der Waals surface area contributed by atoms with Gasteiger partial charge in [0.2, 0.25) is 5.91 Å². The topological polar surface area (TPSA) is 140 Å². The highest BCUT2D eigenvalue weighted by atomic mass is 16.5. The van der Waals surface area contributed by atoms with Gasteiger partial charge in [0.15, 0.2) is 0 Å². The van der Waals surface area contributed by atoms with Crippen molar-refractivity contribution in [3.8, 4) is 0 Å². The van der Waals surface area contributed by atoms with Crippen molar-refractivity contribution in [2.75, 3.05) is 25.5 Å². The second-order valence-electron chi connectivity index (χ2n) is 6.58. The number of anilines is 1. The largest absolute Gasteiger partial charge is 0.376 e. The molecule has 0 bridgehead atoms. The third-order valence-electron chi connectivity index (χ3n) is 4.26. The Morgan fingerprint density at radius 1 is 1.31 bits per heavy atom. The molecule has 10 heteroatoms. The molecule has 152 valence electrons. The lowest BCUT2D eigenvalue weighted by Crippen LogP contribution is -2.35. The van der Waals surface area contributed by atoms with Gasteiger partial charge in [-0.2, -0.15) is 0 Å². The van der Waals surface area contributed by atoms with E-state index in [2.05, 4.69) is 20.6 Å². The molecule has 0 atom stereocenters. The quantitative estimate of drug-likeness (QED) is 0.645. The number of ether oxygens (including phenoxy) is 1. The minimum absolute atomic E-state index is 0.167. The number of urea groups is 1. The molecule has 0 fully saturated rings. The fourth-order valence-corrected chi connectivity index (χ4v) is 2.85. The van der Waals surface area contributed by atoms with E-state index in [4.69, 9.17) is 10.5 Å². The molecule has 4 N–H and O–H groups in total. The molecule has 2 heterocycles. The number of amides is 4. The first-order valence-electron chi connectivity index (χ1n) is 9.02. The number of hydrogen-bond donors (Lipinski definition) is 3. The number of likely N-dealkylation sites (N-methyl/N-ethyl adjacent to an activating group) is 1. The highest BCUT2D eigenvalue weighted by molar-refractivity contribution is 5.98. The van der Waals surface area contributed by atoms with Crippen LogP contribution in [0.5, 0.6) is 0 Å². The van der Waals surface area contributed by atoms with E-state index in [1.807, 2.05) is 0 Å². The van der Waals surface area contributed by atoms with Crippen LogP contribution in [-0.4, -0.2) is 52.9 Å². The van der Waals surface area contributed by atoms with Crippen LogP contribution >= 0.6 is 0 Å². The molecule has 3 rings (SSSR count). The van der Waals surface area contributed by atoms with E-state index in [0.717, 1.165) is 17.7 Å². The second kappa shape index (κ2) is 9.11. The molecule has 0 radical (unpaired) electrons. The molecule has 0 aliphatic carbocycles. The van der Waals surface area contributed by atoms with Crippen molar-refractivity contribution in [1.82, 2.24) is 20.2 Å². The first-order chi connectivity index (χ1) is 13.9. The summed E-state index contributed by atoms with van der Waals surface area (Å²) in [6.07, 6.45) is 2.44. The maximum atomic E-state index is 12.3.